The topological polar surface area (TPSA) is 90.0 Å². The predicted octanol–water partition coefficient (Wildman–Crippen LogP) is 1.51. The van der Waals surface area contributed by atoms with E-state index in [2.05, 4.69) is 10.1 Å². The van der Waals surface area contributed by atoms with Crippen LogP contribution in [0.25, 0.3) is 0 Å². The Bertz CT molecular complexity index is 454. The number of nitrogens with zero attached hydrogens (tertiary/aromatic N) is 2. The maximum atomic E-state index is 8.77. The standard InChI is InChI=1S/C13H19N3O3/c1-8-5-10(6-9(2)18-8)19-12-7-15-4-3-11(12)13(14)16-17/h3-4,7-10,17H,5-6H2,1-2H3,(H2,14,16). The lowest BCUT2D eigenvalue weighted by molar-refractivity contribution is -0.0722. The van der Waals surface area contributed by atoms with Crippen molar-refractivity contribution >= 4 is 5.84 Å². The minimum Gasteiger partial charge on any atom is -0.488 e. The molecule has 0 aromatic carbocycles. The highest BCUT2D eigenvalue weighted by atomic mass is 16.5. The molecule has 6 heteroatoms. The van der Waals surface area contributed by atoms with E-state index in [0.717, 1.165) is 12.8 Å². The first-order chi connectivity index (χ1) is 9.10. The molecule has 0 bridgehead atoms. The molecular weight excluding hydrogens is 246 g/mol. The predicted molar refractivity (Wildman–Crippen MR) is 70.4 cm³/mol. The van der Waals surface area contributed by atoms with E-state index in [1.54, 1.807) is 18.5 Å². The molecule has 0 spiro atoms. The Morgan fingerprint density at radius 1 is 1.47 bits per heavy atom. The van der Waals surface area contributed by atoms with Crippen molar-refractivity contribution in [3.63, 3.8) is 0 Å². The summed E-state index contributed by atoms with van der Waals surface area (Å²) in [6.07, 6.45) is 5.17. The number of aromatic nitrogens is 1. The average molecular weight is 265 g/mol. The van der Waals surface area contributed by atoms with E-state index in [9.17, 15) is 0 Å². The van der Waals surface area contributed by atoms with Crippen molar-refractivity contribution in [2.45, 2.75) is 45.0 Å². The fraction of sp³-hybridized carbons (Fsp3) is 0.538. The zero-order valence-corrected chi connectivity index (χ0v) is 11.1. The summed E-state index contributed by atoms with van der Waals surface area (Å²) in [6, 6.07) is 1.66. The monoisotopic (exact) mass is 265 g/mol. The van der Waals surface area contributed by atoms with E-state index in [-0.39, 0.29) is 24.1 Å². The van der Waals surface area contributed by atoms with Gasteiger partial charge in [0.25, 0.3) is 0 Å². The number of pyridine rings is 1. The van der Waals surface area contributed by atoms with Crippen LogP contribution >= 0.6 is 0 Å². The maximum absolute atomic E-state index is 8.77. The first-order valence-electron chi connectivity index (χ1n) is 6.34. The van der Waals surface area contributed by atoms with Gasteiger partial charge in [-0.15, -0.1) is 0 Å². The number of amidine groups is 1. The summed E-state index contributed by atoms with van der Waals surface area (Å²) >= 11 is 0. The molecule has 1 aliphatic rings. The molecule has 1 aliphatic heterocycles. The van der Waals surface area contributed by atoms with E-state index in [0.29, 0.717) is 11.3 Å². The summed E-state index contributed by atoms with van der Waals surface area (Å²) in [6.45, 7) is 4.05. The summed E-state index contributed by atoms with van der Waals surface area (Å²) in [5, 5.41) is 11.8. The van der Waals surface area contributed by atoms with Crippen molar-refractivity contribution in [2.24, 2.45) is 10.9 Å². The molecule has 2 atom stereocenters. The average Bonchev–Trinajstić information content (AvgIpc) is 2.37. The van der Waals surface area contributed by atoms with Crippen LogP contribution in [0.1, 0.15) is 32.3 Å². The van der Waals surface area contributed by atoms with Gasteiger partial charge in [0.2, 0.25) is 0 Å². The Labute approximate surface area is 112 Å². The highest BCUT2D eigenvalue weighted by Crippen LogP contribution is 2.25. The highest BCUT2D eigenvalue weighted by molar-refractivity contribution is 5.99. The van der Waals surface area contributed by atoms with Gasteiger partial charge in [-0.05, 0) is 19.9 Å². The van der Waals surface area contributed by atoms with E-state index < -0.39 is 0 Å². The minimum atomic E-state index is 0.0190. The van der Waals surface area contributed by atoms with Crippen LogP contribution in [0.2, 0.25) is 0 Å². The largest absolute Gasteiger partial charge is 0.488 e. The Balaban J connectivity index is 2.15. The minimum absolute atomic E-state index is 0.0190. The SMILES string of the molecule is CC1CC(Oc2cnccc2/C(N)=N/O)CC(C)O1. The Morgan fingerprint density at radius 2 is 2.16 bits per heavy atom. The molecule has 3 N–H and O–H groups in total. The van der Waals surface area contributed by atoms with Crippen molar-refractivity contribution < 1.29 is 14.7 Å². The molecule has 104 valence electrons. The molecule has 0 saturated carbocycles. The molecule has 1 fully saturated rings. The third-order valence-electron chi connectivity index (χ3n) is 3.12. The van der Waals surface area contributed by atoms with Crippen molar-refractivity contribution in [1.29, 1.82) is 0 Å². The summed E-state index contributed by atoms with van der Waals surface area (Å²) in [5.74, 6) is 0.551. The van der Waals surface area contributed by atoms with Crippen LogP contribution in [0, 0.1) is 0 Å². The maximum Gasteiger partial charge on any atom is 0.173 e. The Hall–Kier alpha value is -1.82. The molecule has 0 radical (unpaired) electrons. The Morgan fingerprint density at radius 3 is 2.79 bits per heavy atom. The number of nitrogens with two attached hydrogens (primary N) is 1. The van der Waals surface area contributed by atoms with E-state index in [1.807, 2.05) is 13.8 Å². The molecule has 1 aromatic rings. The molecule has 0 amide bonds. The van der Waals surface area contributed by atoms with E-state index in [1.165, 1.54) is 0 Å². The number of hydrogen-bond acceptors (Lipinski definition) is 5. The second kappa shape index (κ2) is 5.88. The van der Waals surface area contributed by atoms with Crippen LogP contribution in [0.3, 0.4) is 0 Å². The van der Waals surface area contributed by atoms with Gasteiger partial charge in [-0.3, -0.25) is 4.98 Å². The van der Waals surface area contributed by atoms with Crippen molar-refractivity contribution in [3.05, 3.63) is 24.0 Å². The van der Waals surface area contributed by atoms with Gasteiger partial charge >= 0.3 is 0 Å². The van der Waals surface area contributed by atoms with Crippen LogP contribution in [0.4, 0.5) is 0 Å². The molecular formula is C13H19N3O3. The van der Waals surface area contributed by atoms with Gasteiger partial charge in [0.05, 0.1) is 24.0 Å². The summed E-state index contributed by atoms with van der Waals surface area (Å²) < 4.78 is 11.6. The molecule has 1 saturated heterocycles. The van der Waals surface area contributed by atoms with Crippen LogP contribution in [-0.2, 0) is 4.74 Å². The van der Waals surface area contributed by atoms with Gasteiger partial charge in [-0.1, -0.05) is 5.16 Å². The summed E-state index contributed by atoms with van der Waals surface area (Å²) in [7, 11) is 0. The van der Waals surface area contributed by atoms with Crippen LogP contribution in [0.5, 0.6) is 5.75 Å². The second-order valence-electron chi connectivity index (χ2n) is 4.83. The van der Waals surface area contributed by atoms with Gasteiger partial charge < -0.3 is 20.4 Å². The van der Waals surface area contributed by atoms with Crippen molar-refractivity contribution in [2.75, 3.05) is 0 Å². The van der Waals surface area contributed by atoms with Gasteiger partial charge in [0, 0.05) is 19.0 Å². The molecule has 1 aromatic heterocycles. The smallest absolute Gasteiger partial charge is 0.173 e. The number of oxime groups is 1. The van der Waals surface area contributed by atoms with Gasteiger partial charge in [0.1, 0.15) is 11.9 Å². The zero-order valence-electron chi connectivity index (χ0n) is 11.1. The Kier molecular flexibility index (Phi) is 4.21. The molecule has 2 unspecified atom stereocenters. The zero-order chi connectivity index (χ0) is 13.8. The van der Waals surface area contributed by atoms with Gasteiger partial charge in [0.15, 0.2) is 5.84 Å². The summed E-state index contributed by atoms with van der Waals surface area (Å²) in [5.41, 5.74) is 6.17. The number of ether oxygens (including phenoxy) is 2. The van der Waals surface area contributed by atoms with E-state index >= 15 is 0 Å². The quantitative estimate of drug-likeness (QED) is 0.374. The third-order valence-corrected chi connectivity index (χ3v) is 3.12. The lowest BCUT2D eigenvalue weighted by Gasteiger charge is -2.32. The van der Waals surface area contributed by atoms with Crippen LogP contribution in [0.15, 0.2) is 23.6 Å². The number of hydrogen-bond donors (Lipinski definition) is 2. The molecule has 6 nitrogen and oxygen atoms in total. The van der Waals surface area contributed by atoms with Crippen molar-refractivity contribution in [1.82, 2.24) is 4.98 Å². The van der Waals surface area contributed by atoms with E-state index in [4.69, 9.17) is 20.4 Å². The lowest BCUT2D eigenvalue weighted by Crippen LogP contribution is -2.36. The fourth-order valence-corrected chi connectivity index (χ4v) is 2.36. The molecule has 19 heavy (non-hydrogen) atoms. The highest BCUT2D eigenvalue weighted by Gasteiger charge is 2.26. The first-order valence-corrected chi connectivity index (χ1v) is 6.34. The molecule has 2 heterocycles. The first kappa shape index (κ1) is 13.6. The fourth-order valence-electron chi connectivity index (χ4n) is 2.36. The lowest BCUT2D eigenvalue weighted by atomic mass is 10.0. The molecule has 0 aliphatic carbocycles. The second-order valence-corrected chi connectivity index (χ2v) is 4.83. The van der Waals surface area contributed by atoms with Crippen molar-refractivity contribution in [3.8, 4) is 5.75 Å². The van der Waals surface area contributed by atoms with Crippen LogP contribution in [-0.4, -0.2) is 34.3 Å². The third kappa shape index (κ3) is 3.35. The number of rotatable bonds is 3. The normalized spacial score (nSPS) is 28.1. The van der Waals surface area contributed by atoms with Crippen LogP contribution < -0.4 is 10.5 Å². The molecule has 2 rings (SSSR count). The van der Waals surface area contributed by atoms with Gasteiger partial charge in [-0.2, -0.15) is 0 Å². The summed E-state index contributed by atoms with van der Waals surface area (Å²) in [4.78, 5) is 4.02. The van der Waals surface area contributed by atoms with Gasteiger partial charge in [-0.25, -0.2) is 0 Å².